The van der Waals surface area contributed by atoms with Crippen LogP contribution in [0.1, 0.15) is 32.1 Å². The van der Waals surface area contributed by atoms with Gasteiger partial charge in [-0.05, 0) is 43.8 Å². The molecule has 2 N–H and O–H groups in total. The normalized spacial score (nSPS) is 23.7. The third kappa shape index (κ3) is 7.20. The van der Waals surface area contributed by atoms with Gasteiger partial charge in [-0.2, -0.15) is 11.8 Å². The fraction of sp³-hybridized carbons (Fsp3) is 0.938. The van der Waals surface area contributed by atoms with E-state index in [2.05, 4.69) is 27.4 Å². The van der Waals surface area contributed by atoms with Gasteiger partial charge in [0.25, 0.3) is 0 Å². The van der Waals surface area contributed by atoms with Gasteiger partial charge < -0.3 is 20.1 Å². The van der Waals surface area contributed by atoms with Gasteiger partial charge in [-0.1, -0.05) is 0 Å². The van der Waals surface area contributed by atoms with Crippen molar-refractivity contribution in [2.45, 2.75) is 37.4 Å². The highest BCUT2D eigenvalue weighted by Crippen LogP contribution is 2.25. The molecule has 0 bridgehead atoms. The standard InChI is InChI=1S/C16H31N3O2S/c1-17-16(19-12-15-4-2-11-22-15)18-7-3-8-21-13-14-5-9-20-10-6-14/h14-15H,2-13H2,1H3,(H2,17,18,19). The van der Waals surface area contributed by atoms with Crippen LogP contribution in [-0.2, 0) is 9.47 Å². The third-order valence-corrected chi connectivity index (χ3v) is 5.60. The van der Waals surface area contributed by atoms with Crippen molar-refractivity contribution in [1.82, 2.24) is 10.6 Å². The number of guanidine groups is 1. The van der Waals surface area contributed by atoms with Gasteiger partial charge in [0.2, 0.25) is 0 Å². The Morgan fingerprint density at radius 2 is 2.14 bits per heavy atom. The molecule has 2 saturated heterocycles. The third-order valence-electron chi connectivity index (χ3n) is 4.20. The van der Waals surface area contributed by atoms with Crippen LogP contribution in [0, 0.1) is 5.92 Å². The maximum absolute atomic E-state index is 5.77. The second-order valence-electron chi connectivity index (χ2n) is 6.00. The first-order valence-electron chi connectivity index (χ1n) is 8.60. The number of nitrogens with zero attached hydrogens (tertiary/aromatic N) is 1. The summed E-state index contributed by atoms with van der Waals surface area (Å²) in [5.41, 5.74) is 0. The summed E-state index contributed by atoms with van der Waals surface area (Å²) in [6, 6.07) is 0. The van der Waals surface area contributed by atoms with Gasteiger partial charge in [0.15, 0.2) is 5.96 Å². The largest absolute Gasteiger partial charge is 0.381 e. The molecule has 1 atom stereocenters. The highest BCUT2D eigenvalue weighted by atomic mass is 32.2. The van der Waals surface area contributed by atoms with Crippen LogP contribution in [0.15, 0.2) is 4.99 Å². The van der Waals surface area contributed by atoms with E-state index >= 15 is 0 Å². The molecule has 0 spiro atoms. The molecule has 0 aromatic heterocycles. The van der Waals surface area contributed by atoms with Crippen molar-refractivity contribution in [3.63, 3.8) is 0 Å². The average Bonchev–Trinajstić information content (AvgIpc) is 3.08. The Labute approximate surface area is 139 Å². The second kappa shape index (κ2) is 11.1. The zero-order valence-corrected chi connectivity index (χ0v) is 14.6. The number of hydrogen-bond donors (Lipinski definition) is 2. The molecule has 0 saturated carbocycles. The van der Waals surface area contributed by atoms with Gasteiger partial charge in [0, 0.05) is 51.8 Å². The van der Waals surface area contributed by atoms with Crippen LogP contribution in [0.3, 0.4) is 0 Å². The van der Waals surface area contributed by atoms with Crippen LogP contribution in [0.25, 0.3) is 0 Å². The van der Waals surface area contributed by atoms with E-state index in [9.17, 15) is 0 Å². The van der Waals surface area contributed by atoms with Gasteiger partial charge in [-0.3, -0.25) is 4.99 Å². The second-order valence-corrected chi connectivity index (χ2v) is 7.41. The van der Waals surface area contributed by atoms with E-state index < -0.39 is 0 Å². The van der Waals surface area contributed by atoms with Crippen LogP contribution >= 0.6 is 11.8 Å². The van der Waals surface area contributed by atoms with E-state index in [0.717, 1.165) is 70.0 Å². The molecular weight excluding hydrogens is 298 g/mol. The monoisotopic (exact) mass is 329 g/mol. The average molecular weight is 330 g/mol. The summed E-state index contributed by atoms with van der Waals surface area (Å²) in [7, 11) is 1.83. The molecule has 22 heavy (non-hydrogen) atoms. The van der Waals surface area contributed by atoms with Gasteiger partial charge in [0.05, 0.1) is 0 Å². The minimum Gasteiger partial charge on any atom is -0.381 e. The first-order valence-corrected chi connectivity index (χ1v) is 9.65. The van der Waals surface area contributed by atoms with Crippen LogP contribution < -0.4 is 10.6 Å². The lowest BCUT2D eigenvalue weighted by Crippen LogP contribution is -2.40. The molecule has 2 aliphatic heterocycles. The maximum atomic E-state index is 5.77. The van der Waals surface area contributed by atoms with Crippen molar-refractivity contribution in [2.24, 2.45) is 10.9 Å². The topological polar surface area (TPSA) is 54.9 Å². The molecule has 0 aromatic carbocycles. The highest BCUT2D eigenvalue weighted by molar-refractivity contribution is 8.00. The van der Waals surface area contributed by atoms with E-state index in [1.54, 1.807) is 0 Å². The Morgan fingerprint density at radius 1 is 1.27 bits per heavy atom. The lowest BCUT2D eigenvalue weighted by molar-refractivity contribution is 0.0203. The van der Waals surface area contributed by atoms with Crippen molar-refractivity contribution in [2.75, 3.05) is 52.3 Å². The first-order chi connectivity index (χ1) is 10.9. The van der Waals surface area contributed by atoms with Gasteiger partial charge in [-0.15, -0.1) is 0 Å². The van der Waals surface area contributed by atoms with E-state index in [4.69, 9.17) is 9.47 Å². The van der Waals surface area contributed by atoms with Gasteiger partial charge in [0.1, 0.15) is 0 Å². The SMILES string of the molecule is CN=C(NCCCOCC1CCOCC1)NCC1CCCS1. The number of aliphatic imine (C=N–C) groups is 1. The molecule has 5 nitrogen and oxygen atoms in total. The number of ether oxygens (including phenoxy) is 2. The van der Waals surface area contributed by atoms with E-state index in [1.165, 1.54) is 18.6 Å². The fourth-order valence-electron chi connectivity index (χ4n) is 2.78. The summed E-state index contributed by atoms with van der Waals surface area (Å²) < 4.78 is 11.1. The zero-order chi connectivity index (χ0) is 15.5. The number of rotatable bonds is 8. The summed E-state index contributed by atoms with van der Waals surface area (Å²) in [6.07, 6.45) is 5.99. The summed E-state index contributed by atoms with van der Waals surface area (Å²) >= 11 is 2.07. The van der Waals surface area contributed by atoms with E-state index in [0.29, 0.717) is 5.92 Å². The molecule has 128 valence electrons. The van der Waals surface area contributed by atoms with Gasteiger partial charge >= 0.3 is 0 Å². The molecular formula is C16H31N3O2S. The predicted octanol–water partition coefficient (Wildman–Crippen LogP) is 1.88. The maximum Gasteiger partial charge on any atom is 0.191 e. The lowest BCUT2D eigenvalue weighted by atomic mass is 10.0. The lowest BCUT2D eigenvalue weighted by Gasteiger charge is -2.21. The molecule has 1 unspecified atom stereocenters. The summed E-state index contributed by atoms with van der Waals surface area (Å²) in [4.78, 5) is 4.27. The Bertz CT molecular complexity index is 317. The molecule has 2 heterocycles. The summed E-state index contributed by atoms with van der Waals surface area (Å²) in [6.45, 7) is 5.43. The Kier molecular flexibility index (Phi) is 9.05. The number of nitrogens with one attached hydrogen (secondary N) is 2. The van der Waals surface area contributed by atoms with Crippen molar-refractivity contribution >= 4 is 17.7 Å². The molecule has 0 aliphatic carbocycles. The molecule has 0 amide bonds. The van der Waals surface area contributed by atoms with Crippen LogP contribution in [0.5, 0.6) is 0 Å². The quantitative estimate of drug-likeness (QED) is 0.404. The van der Waals surface area contributed by atoms with Crippen molar-refractivity contribution < 1.29 is 9.47 Å². The van der Waals surface area contributed by atoms with Crippen LogP contribution in [-0.4, -0.2) is 63.5 Å². The Hall–Kier alpha value is -0.460. The van der Waals surface area contributed by atoms with Crippen LogP contribution in [0.2, 0.25) is 0 Å². The molecule has 2 rings (SSSR count). The zero-order valence-electron chi connectivity index (χ0n) is 13.8. The Balaban J connectivity index is 1.44. The molecule has 6 heteroatoms. The number of thioether (sulfide) groups is 1. The summed E-state index contributed by atoms with van der Waals surface area (Å²) in [5.74, 6) is 2.92. The molecule has 2 aliphatic rings. The molecule has 2 fully saturated rings. The van der Waals surface area contributed by atoms with E-state index in [1.807, 2.05) is 7.05 Å². The van der Waals surface area contributed by atoms with Crippen LogP contribution in [0.4, 0.5) is 0 Å². The smallest absolute Gasteiger partial charge is 0.191 e. The van der Waals surface area contributed by atoms with Crippen molar-refractivity contribution in [3.05, 3.63) is 0 Å². The number of hydrogen-bond acceptors (Lipinski definition) is 4. The first kappa shape index (κ1) is 17.9. The minimum absolute atomic E-state index is 0.694. The minimum atomic E-state index is 0.694. The fourth-order valence-corrected chi connectivity index (χ4v) is 3.98. The van der Waals surface area contributed by atoms with E-state index in [-0.39, 0.29) is 0 Å². The van der Waals surface area contributed by atoms with Crippen molar-refractivity contribution in [3.8, 4) is 0 Å². The molecule has 0 radical (unpaired) electrons. The Morgan fingerprint density at radius 3 is 2.86 bits per heavy atom. The van der Waals surface area contributed by atoms with Gasteiger partial charge in [-0.25, -0.2) is 0 Å². The predicted molar refractivity (Wildman–Crippen MR) is 93.8 cm³/mol. The highest BCUT2D eigenvalue weighted by Gasteiger charge is 2.15. The van der Waals surface area contributed by atoms with Crippen molar-refractivity contribution in [1.29, 1.82) is 0 Å². The summed E-state index contributed by atoms with van der Waals surface area (Å²) in [5, 5.41) is 7.53. The molecule has 0 aromatic rings.